The SMILES string of the molecule is COc1ccccc1NC(=O)c1cc2ccccc2cc1OCc1c(C)noc1C. The van der Waals surface area contributed by atoms with Crippen LogP contribution in [0.4, 0.5) is 5.69 Å². The summed E-state index contributed by atoms with van der Waals surface area (Å²) in [5.41, 5.74) is 2.67. The molecule has 3 aromatic carbocycles. The van der Waals surface area contributed by atoms with Crippen LogP contribution in [0.25, 0.3) is 10.8 Å². The topological polar surface area (TPSA) is 73.6 Å². The molecule has 6 nitrogen and oxygen atoms in total. The van der Waals surface area contributed by atoms with Gasteiger partial charge in [0.2, 0.25) is 0 Å². The number of benzene rings is 3. The van der Waals surface area contributed by atoms with Crippen LogP contribution in [0.15, 0.2) is 65.2 Å². The summed E-state index contributed by atoms with van der Waals surface area (Å²) in [6.07, 6.45) is 0. The number of hydrogen-bond donors (Lipinski definition) is 1. The molecule has 0 aliphatic heterocycles. The molecule has 1 aromatic heterocycles. The Balaban J connectivity index is 1.69. The Kier molecular flexibility index (Phi) is 5.39. The second kappa shape index (κ2) is 8.29. The number of carbonyl (C=O) groups excluding carboxylic acids is 1. The maximum atomic E-state index is 13.2. The molecule has 30 heavy (non-hydrogen) atoms. The second-order valence-electron chi connectivity index (χ2n) is 6.94. The van der Waals surface area contributed by atoms with Crippen LogP contribution in [0.1, 0.15) is 27.4 Å². The molecule has 0 saturated heterocycles. The first-order valence-corrected chi connectivity index (χ1v) is 9.58. The number of carbonyl (C=O) groups is 1. The number of nitrogens with zero attached hydrogens (tertiary/aromatic N) is 1. The molecular formula is C24H22N2O4. The molecule has 0 fully saturated rings. The summed E-state index contributed by atoms with van der Waals surface area (Å²) in [4.78, 5) is 13.2. The molecule has 0 atom stereocenters. The number of amides is 1. The van der Waals surface area contributed by atoms with E-state index < -0.39 is 0 Å². The number of rotatable bonds is 6. The standard InChI is InChI=1S/C24H22N2O4/c1-15-20(16(2)30-26-15)14-29-23-13-18-9-5-4-8-17(18)12-19(23)24(27)25-21-10-6-7-11-22(21)28-3/h4-13H,14H2,1-3H3,(H,25,27). The van der Waals surface area contributed by atoms with Crippen molar-refractivity contribution >= 4 is 22.4 Å². The number of aryl methyl sites for hydroxylation is 2. The molecule has 0 bridgehead atoms. The molecule has 0 aliphatic carbocycles. The van der Waals surface area contributed by atoms with Crippen molar-refractivity contribution < 1.29 is 18.8 Å². The normalized spacial score (nSPS) is 10.8. The van der Waals surface area contributed by atoms with Crippen molar-refractivity contribution in [2.24, 2.45) is 0 Å². The summed E-state index contributed by atoms with van der Waals surface area (Å²) in [5, 5.41) is 8.82. The van der Waals surface area contributed by atoms with E-state index >= 15 is 0 Å². The van der Waals surface area contributed by atoms with E-state index in [0.717, 1.165) is 22.0 Å². The van der Waals surface area contributed by atoms with Gasteiger partial charge in [-0.1, -0.05) is 41.6 Å². The van der Waals surface area contributed by atoms with Crippen molar-refractivity contribution in [2.75, 3.05) is 12.4 Å². The molecule has 0 saturated carbocycles. The average molecular weight is 402 g/mol. The number of para-hydroxylation sites is 2. The van der Waals surface area contributed by atoms with Crippen molar-refractivity contribution in [3.8, 4) is 11.5 Å². The summed E-state index contributed by atoms with van der Waals surface area (Å²) in [7, 11) is 1.57. The highest BCUT2D eigenvalue weighted by Gasteiger charge is 2.18. The summed E-state index contributed by atoms with van der Waals surface area (Å²) in [5.74, 6) is 1.50. The molecule has 0 spiro atoms. The van der Waals surface area contributed by atoms with E-state index in [1.165, 1.54) is 0 Å². The van der Waals surface area contributed by atoms with Crippen molar-refractivity contribution in [1.82, 2.24) is 5.16 Å². The molecule has 6 heteroatoms. The monoisotopic (exact) mass is 402 g/mol. The van der Waals surface area contributed by atoms with Gasteiger partial charge in [-0.2, -0.15) is 0 Å². The smallest absolute Gasteiger partial charge is 0.259 e. The van der Waals surface area contributed by atoms with Crippen molar-refractivity contribution in [3.63, 3.8) is 0 Å². The lowest BCUT2D eigenvalue weighted by atomic mass is 10.0. The van der Waals surface area contributed by atoms with Gasteiger partial charge in [0.15, 0.2) is 0 Å². The average Bonchev–Trinajstić information content (AvgIpc) is 3.09. The van der Waals surface area contributed by atoms with E-state index in [2.05, 4.69) is 10.5 Å². The first-order valence-electron chi connectivity index (χ1n) is 9.58. The number of anilines is 1. The van der Waals surface area contributed by atoms with Gasteiger partial charge in [-0.3, -0.25) is 4.79 Å². The maximum absolute atomic E-state index is 13.2. The second-order valence-corrected chi connectivity index (χ2v) is 6.94. The molecule has 0 unspecified atom stereocenters. The van der Waals surface area contributed by atoms with Crippen LogP contribution in [0, 0.1) is 13.8 Å². The first kappa shape index (κ1) is 19.5. The number of nitrogens with one attached hydrogen (secondary N) is 1. The number of hydrogen-bond acceptors (Lipinski definition) is 5. The van der Waals surface area contributed by atoms with Crippen LogP contribution in [-0.4, -0.2) is 18.2 Å². The van der Waals surface area contributed by atoms with E-state index in [0.29, 0.717) is 28.5 Å². The summed E-state index contributed by atoms with van der Waals surface area (Å²) < 4.78 is 16.6. The Morgan fingerprint density at radius 1 is 1.00 bits per heavy atom. The third-order valence-electron chi connectivity index (χ3n) is 5.00. The fraction of sp³-hybridized carbons (Fsp3) is 0.167. The molecule has 0 radical (unpaired) electrons. The molecule has 1 amide bonds. The largest absolute Gasteiger partial charge is 0.495 e. The zero-order valence-corrected chi connectivity index (χ0v) is 17.1. The van der Waals surface area contributed by atoms with Crippen LogP contribution in [0.5, 0.6) is 11.5 Å². The quantitative estimate of drug-likeness (QED) is 0.475. The minimum Gasteiger partial charge on any atom is -0.495 e. The van der Waals surface area contributed by atoms with Gasteiger partial charge in [-0.15, -0.1) is 0 Å². The Morgan fingerprint density at radius 3 is 2.40 bits per heavy atom. The lowest BCUT2D eigenvalue weighted by Crippen LogP contribution is -2.14. The minimum atomic E-state index is -0.279. The fourth-order valence-corrected chi connectivity index (χ4v) is 3.31. The summed E-state index contributed by atoms with van der Waals surface area (Å²) >= 11 is 0. The van der Waals surface area contributed by atoms with Gasteiger partial charge < -0.3 is 19.3 Å². The highest BCUT2D eigenvalue weighted by molar-refractivity contribution is 6.09. The van der Waals surface area contributed by atoms with Crippen LogP contribution < -0.4 is 14.8 Å². The van der Waals surface area contributed by atoms with E-state index in [9.17, 15) is 4.79 Å². The Labute approximate surface area is 174 Å². The maximum Gasteiger partial charge on any atom is 0.259 e. The minimum absolute atomic E-state index is 0.258. The number of fused-ring (bicyclic) bond motifs is 1. The van der Waals surface area contributed by atoms with Crippen molar-refractivity contribution in [2.45, 2.75) is 20.5 Å². The predicted molar refractivity (Wildman–Crippen MR) is 115 cm³/mol. The number of ether oxygens (including phenoxy) is 2. The zero-order valence-electron chi connectivity index (χ0n) is 17.1. The predicted octanol–water partition coefficient (Wildman–Crippen LogP) is 5.28. The van der Waals surface area contributed by atoms with Gasteiger partial charge in [0, 0.05) is 0 Å². The van der Waals surface area contributed by atoms with E-state index in [1.807, 2.05) is 62.4 Å². The van der Waals surface area contributed by atoms with Crippen LogP contribution in [-0.2, 0) is 6.61 Å². The lowest BCUT2D eigenvalue weighted by molar-refractivity contribution is 0.102. The highest BCUT2D eigenvalue weighted by atomic mass is 16.5. The molecule has 4 aromatic rings. The molecule has 0 aliphatic rings. The number of methoxy groups -OCH3 is 1. The first-order chi connectivity index (χ1) is 14.6. The van der Waals surface area contributed by atoms with Gasteiger partial charge in [0.1, 0.15) is 23.9 Å². The molecular weight excluding hydrogens is 380 g/mol. The van der Waals surface area contributed by atoms with Gasteiger partial charge in [-0.25, -0.2) is 0 Å². The van der Waals surface area contributed by atoms with Crippen LogP contribution in [0.3, 0.4) is 0 Å². The van der Waals surface area contributed by atoms with E-state index in [-0.39, 0.29) is 12.5 Å². The molecule has 1 N–H and O–H groups in total. The van der Waals surface area contributed by atoms with E-state index in [4.69, 9.17) is 14.0 Å². The molecule has 4 rings (SSSR count). The Bertz CT molecular complexity index is 1190. The Morgan fingerprint density at radius 2 is 1.70 bits per heavy atom. The highest BCUT2D eigenvalue weighted by Crippen LogP contribution is 2.30. The summed E-state index contributed by atoms with van der Waals surface area (Å²) in [6, 6.07) is 18.8. The van der Waals surface area contributed by atoms with E-state index in [1.54, 1.807) is 19.2 Å². The zero-order chi connectivity index (χ0) is 21.1. The van der Waals surface area contributed by atoms with Gasteiger partial charge >= 0.3 is 0 Å². The molecule has 152 valence electrons. The van der Waals surface area contributed by atoms with Gasteiger partial charge in [0.05, 0.1) is 29.6 Å². The lowest BCUT2D eigenvalue weighted by Gasteiger charge is -2.14. The fourth-order valence-electron chi connectivity index (χ4n) is 3.31. The Hall–Kier alpha value is -3.80. The van der Waals surface area contributed by atoms with Crippen molar-refractivity contribution in [3.05, 3.63) is 83.2 Å². The number of aromatic nitrogens is 1. The van der Waals surface area contributed by atoms with Gasteiger partial charge in [-0.05, 0) is 48.9 Å². The van der Waals surface area contributed by atoms with Crippen LogP contribution in [0.2, 0.25) is 0 Å². The third kappa shape index (κ3) is 3.85. The van der Waals surface area contributed by atoms with Crippen molar-refractivity contribution in [1.29, 1.82) is 0 Å². The third-order valence-corrected chi connectivity index (χ3v) is 5.00. The van der Waals surface area contributed by atoms with Gasteiger partial charge in [0.25, 0.3) is 5.91 Å². The summed E-state index contributed by atoms with van der Waals surface area (Å²) in [6.45, 7) is 3.97. The van der Waals surface area contributed by atoms with Crippen LogP contribution >= 0.6 is 0 Å². The molecule has 1 heterocycles.